The maximum atomic E-state index is 14.0. The van der Waals surface area contributed by atoms with Gasteiger partial charge >= 0.3 is 5.97 Å². The molecular weight excluding hydrogens is 580 g/mol. The van der Waals surface area contributed by atoms with E-state index in [1.807, 2.05) is 115 Å². The smallest absolute Gasteiger partial charge is 0.338 e. The molecule has 1 atom stereocenters. The molecule has 1 aliphatic heterocycles. The first-order chi connectivity index (χ1) is 21.0. The third kappa shape index (κ3) is 6.09. The molecule has 43 heavy (non-hydrogen) atoms. The number of carbonyl (C=O) groups excluding carboxylic acids is 1. The number of fused-ring (bicyclic) bond motifs is 1. The molecule has 8 heteroatoms. The summed E-state index contributed by atoms with van der Waals surface area (Å²) in [5.74, 6) is 0.214. The van der Waals surface area contributed by atoms with Crippen molar-refractivity contribution in [2.75, 3.05) is 6.61 Å². The quantitative estimate of drug-likeness (QED) is 0.198. The molecule has 0 saturated heterocycles. The van der Waals surface area contributed by atoms with E-state index in [9.17, 15) is 9.59 Å². The summed E-state index contributed by atoms with van der Waals surface area (Å²) in [6.07, 6.45) is 1.84. The van der Waals surface area contributed by atoms with Gasteiger partial charge in [-0.25, -0.2) is 9.79 Å². The van der Waals surface area contributed by atoms with E-state index in [4.69, 9.17) is 26.1 Å². The van der Waals surface area contributed by atoms with Crippen molar-refractivity contribution < 1.29 is 14.3 Å². The van der Waals surface area contributed by atoms with Crippen LogP contribution in [0.15, 0.2) is 125 Å². The average molecular weight is 607 g/mol. The van der Waals surface area contributed by atoms with Gasteiger partial charge in [0.15, 0.2) is 4.80 Å². The lowest BCUT2D eigenvalue weighted by molar-refractivity contribution is -0.138. The van der Waals surface area contributed by atoms with Crippen molar-refractivity contribution in [3.05, 3.63) is 162 Å². The first-order valence-corrected chi connectivity index (χ1v) is 15.0. The van der Waals surface area contributed by atoms with Gasteiger partial charge in [-0.05, 0) is 54.0 Å². The van der Waals surface area contributed by atoms with Gasteiger partial charge in [0.05, 0.1) is 28.5 Å². The highest BCUT2D eigenvalue weighted by Crippen LogP contribution is 2.35. The highest BCUT2D eigenvalue weighted by atomic mass is 35.5. The molecule has 0 N–H and O–H groups in total. The number of halogens is 1. The lowest BCUT2D eigenvalue weighted by atomic mass is 9.93. The molecule has 214 valence electrons. The first kappa shape index (κ1) is 28.4. The molecule has 0 bridgehead atoms. The Bertz CT molecular complexity index is 1960. The van der Waals surface area contributed by atoms with Gasteiger partial charge in [-0.15, -0.1) is 0 Å². The van der Waals surface area contributed by atoms with Crippen molar-refractivity contribution in [1.29, 1.82) is 0 Å². The lowest BCUT2D eigenvalue weighted by Gasteiger charge is -2.25. The highest BCUT2D eigenvalue weighted by molar-refractivity contribution is 7.07. The molecule has 2 heterocycles. The van der Waals surface area contributed by atoms with Gasteiger partial charge in [0.1, 0.15) is 12.4 Å². The largest absolute Gasteiger partial charge is 0.489 e. The molecule has 6 rings (SSSR count). The Hall–Kier alpha value is -4.72. The minimum Gasteiger partial charge on any atom is -0.489 e. The molecule has 5 aromatic rings. The Morgan fingerprint density at radius 1 is 0.930 bits per heavy atom. The number of carbonyl (C=O) groups is 1. The van der Waals surface area contributed by atoms with Crippen molar-refractivity contribution in [2.45, 2.75) is 19.6 Å². The lowest BCUT2D eigenvalue weighted by Crippen LogP contribution is -2.39. The van der Waals surface area contributed by atoms with E-state index in [1.165, 1.54) is 11.3 Å². The maximum absolute atomic E-state index is 14.0. The minimum absolute atomic E-state index is 0.204. The standard InChI is InChI=1S/C35H27ClN2O4S/c1-2-41-34(40)30-31(25-9-5-3-6-10-25)37-35-38(32(30)26-11-7-4-8-12-26)33(39)29(43-35)21-23-15-19-28(20-16-23)42-22-24-13-17-27(36)18-14-24/h3-21,32H,2,22H2,1H3/b29-21-/t32-/m0/s1. The molecule has 1 aliphatic rings. The Balaban J connectivity index is 1.41. The number of thiazole rings is 1. The van der Waals surface area contributed by atoms with Crippen LogP contribution in [0.2, 0.25) is 5.02 Å². The van der Waals surface area contributed by atoms with Crippen LogP contribution in [0.25, 0.3) is 11.8 Å². The second-order valence-electron chi connectivity index (χ2n) is 9.83. The van der Waals surface area contributed by atoms with Crippen LogP contribution in [0.1, 0.15) is 35.2 Å². The average Bonchev–Trinajstić information content (AvgIpc) is 3.35. The Kier molecular flexibility index (Phi) is 8.36. The second kappa shape index (κ2) is 12.7. The number of hydrogen-bond donors (Lipinski definition) is 0. The van der Waals surface area contributed by atoms with Gasteiger partial charge in [-0.3, -0.25) is 9.36 Å². The van der Waals surface area contributed by atoms with Crippen LogP contribution in [0, 0.1) is 0 Å². The fourth-order valence-corrected chi connectivity index (χ4v) is 6.08. The van der Waals surface area contributed by atoms with Crippen LogP contribution in [-0.2, 0) is 16.1 Å². The number of rotatable bonds is 8. The molecule has 0 aliphatic carbocycles. The SMILES string of the molecule is CCOC(=O)C1=C(c2ccccc2)N=c2s/c(=C\c3ccc(OCc4ccc(Cl)cc4)cc3)c(=O)n2[C@H]1c1ccccc1. The summed E-state index contributed by atoms with van der Waals surface area (Å²) in [6, 6.07) is 33.4. The van der Waals surface area contributed by atoms with E-state index >= 15 is 0 Å². The van der Waals surface area contributed by atoms with Crippen molar-refractivity contribution in [2.24, 2.45) is 4.99 Å². The van der Waals surface area contributed by atoms with Gasteiger partial charge in [0, 0.05) is 10.6 Å². The van der Waals surface area contributed by atoms with Gasteiger partial charge in [0.25, 0.3) is 5.56 Å². The summed E-state index contributed by atoms with van der Waals surface area (Å²) in [6.45, 7) is 2.39. The zero-order chi connectivity index (χ0) is 29.8. The summed E-state index contributed by atoms with van der Waals surface area (Å²) in [5, 5.41) is 0.682. The van der Waals surface area contributed by atoms with Crippen LogP contribution in [0.4, 0.5) is 0 Å². The minimum atomic E-state index is -0.697. The number of esters is 1. The van der Waals surface area contributed by atoms with Crippen LogP contribution in [-0.4, -0.2) is 17.1 Å². The zero-order valence-corrected chi connectivity index (χ0v) is 24.8. The molecular formula is C35H27ClN2O4S. The molecule has 1 aromatic heterocycles. The van der Waals surface area contributed by atoms with Crippen LogP contribution >= 0.6 is 22.9 Å². The van der Waals surface area contributed by atoms with Crippen LogP contribution in [0.5, 0.6) is 5.75 Å². The third-order valence-electron chi connectivity index (χ3n) is 6.99. The van der Waals surface area contributed by atoms with Crippen molar-refractivity contribution in [1.82, 2.24) is 4.57 Å². The van der Waals surface area contributed by atoms with Gasteiger partial charge in [-0.2, -0.15) is 0 Å². The van der Waals surface area contributed by atoms with E-state index in [-0.39, 0.29) is 12.2 Å². The fourth-order valence-electron chi connectivity index (χ4n) is 4.95. The topological polar surface area (TPSA) is 69.9 Å². The second-order valence-corrected chi connectivity index (χ2v) is 11.3. The van der Waals surface area contributed by atoms with E-state index in [0.29, 0.717) is 38.0 Å². The van der Waals surface area contributed by atoms with Crippen molar-refractivity contribution >= 4 is 40.7 Å². The predicted molar refractivity (Wildman–Crippen MR) is 170 cm³/mol. The van der Waals surface area contributed by atoms with E-state index in [2.05, 4.69) is 0 Å². The third-order valence-corrected chi connectivity index (χ3v) is 8.22. The number of ether oxygens (including phenoxy) is 2. The van der Waals surface area contributed by atoms with Gasteiger partial charge in [0.2, 0.25) is 0 Å². The molecule has 0 radical (unpaired) electrons. The summed E-state index contributed by atoms with van der Waals surface area (Å²) < 4.78 is 13.5. The summed E-state index contributed by atoms with van der Waals surface area (Å²) in [7, 11) is 0. The van der Waals surface area contributed by atoms with Gasteiger partial charge in [-0.1, -0.05) is 108 Å². The molecule has 0 amide bonds. The zero-order valence-electron chi connectivity index (χ0n) is 23.3. The molecule has 0 saturated carbocycles. The summed E-state index contributed by atoms with van der Waals surface area (Å²) in [5.41, 5.74) is 4.04. The molecule has 6 nitrogen and oxygen atoms in total. The summed E-state index contributed by atoms with van der Waals surface area (Å²) >= 11 is 7.26. The Morgan fingerprint density at radius 3 is 2.28 bits per heavy atom. The Labute approximate surface area is 257 Å². The van der Waals surface area contributed by atoms with Crippen molar-refractivity contribution in [3.63, 3.8) is 0 Å². The molecule has 0 spiro atoms. The van der Waals surface area contributed by atoms with E-state index in [0.717, 1.165) is 22.3 Å². The van der Waals surface area contributed by atoms with E-state index < -0.39 is 12.0 Å². The van der Waals surface area contributed by atoms with Gasteiger partial charge < -0.3 is 9.47 Å². The number of aromatic nitrogens is 1. The fraction of sp³-hybridized carbons (Fsp3) is 0.114. The Morgan fingerprint density at radius 2 is 1.60 bits per heavy atom. The van der Waals surface area contributed by atoms with Crippen molar-refractivity contribution in [3.8, 4) is 5.75 Å². The number of benzene rings is 4. The number of hydrogen-bond acceptors (Lipinski definition) is 6. The summed E-state index contributed by atoms with van der Waals surface area (Å²) in [4.78, 5) is 32.9. The number of nitrogens with zero attached hydrogens (tertiary/aromatic N) is 2. The first-order valence-electron chi connectivity index (χ1n) is 13.8. The molecule has 0 fully saturated rings. The monoisotopic (exact) mass is 606 g/mol. The maximum Gasteiger partial charge on any atom is 0.338 e. The van der Waals surface area contributed by atoms with E-state index in [1.54, 1.807) is 11.5 Å². The van der Waals surface area contributed by atoms with Crippen LogP contribution < -0.4 is 19.6 Å². The molecule has 0 unspecified atom stereocenters. The van der Waals surface area contributed by atoms with Crippen LogP contribution in [0.3, 0.4) is 0 Å². The normalized spacial score (nSPS) is 14.7. The molecule has 4 aromatic carbocycles. The highest BCUT2D eigenvalue weighted by Gasteiger charge is 2.35. The predicted octanol–water partition coefficient (Wildman–Crippen LogP) is 6.17.